The van der Waals surface area contributed by atoms with Crippen LogP contribution in [-0.4, -0.2) is 79.3 Å². The first-order chi connectivity index (χ1) is 15.1. The molecule has 1 N–H and O–H groups in total. The van der Waals surface area contributed by atoms with E-state index in [1.54, 1.807) is 12.1 Å². The van der Waals surface area contributed by atoms with Crippen molar-refractivity contribution in [3.63, 3.8) is 0 Å². The van der Waals surface area contributed by atoms with Crippen molar-refractivity contribution in [1.29, 1.82) is 0 Å². The van der Waals surface area contributed by atoms with Gasteiger partial charge < -0.3 is 9.47 Å². The first-order valence-electron chi connectivity index (χ1n) is 11.8. The second kappa shape index (κ2) is 12.3. The normalized spacial score (nSPS) is 18.9. The van der Waals surface area contributed by atoms with Crippen molar-refractivity contribution in [3.8, 4) is 0 Å². The summed E-state index contributed by atoms with van der Waals surface area (Å²) in [5.74, 6) is -0.146. The van der Waals surface area contributed by atoms with Crippen molar-refractivity contribution in [3.05, 3.63) is 29.8 Å². The van der Waals surface area contributed by atoms with E-state index in [-0.39, 0.29) is 11.7 Å². The number of para-hydroxylation sites is 1. The number of anilines is 1. The zero-order chi connectivity index (χ0) is 23.7. The Bertz CT molecular complexity index is 747. The summed E-state index contributed by atoms with van der Waals surface area (Å²) in [6, 6.07) is 7.62. The Morgan fingerprint density at radius 2 is 1.91 bits per heavy atom. The number of benzene rings is 1. The predicted molar refractivity (Wildman–Crippen MR) is 128 cm³/mol. The number of amides is 1. The molecule has 1 amide bonds. The molecule has 1 aromatic carbocycles. The summed E-state index contributed by atoms with van der Waals surface area (Å²) in [6.07, 6.45) is 0.521. The molecule has 0 radical (unpaired) electrons. The summed E-state index contributed by atoms with van der Waals surface area (Å²) in [5, 5.41) is 2.74. The Kier molecular flexibility index (Phi) is 10.1. The number of carbonyl (C=O) groups excluding carboxylic acids is 2. The van der Waals surface area contributed by atoms with Gasteiger partial charge in [0.25, 0.3) is 0 Å². The van der Waals surface area contributed by atoms with E-state index in [0.717, 1.165) is 45.8 Å². The molecule has 0 bridgehead atoms. The number of Topliss-reactive ketones (excluding diaryl/α,β-unsaturated/α-hetero) is 1. The van der Waals surface area contributed by atoms with E-state index in [2.05, 4.69) is 22.0 Å². The van der Waals surface area contributed by atoms with Crippen LogP contribution < -0.4 is 5.32 Å². The lowest BCUT2D eigenvalue weighted by Crippen LogP contribution is -2.54. The van der Waals surface area contributed by atoms with E-state index in [0.29, 0.717) is 23.8 Å². The monoisotopic (exact) mass is 447 g/mol. The maximum Gasteiger partial charge on any atom is 0.412 e. The lowest BCUT2D eigenvalue weighted by Gasteiger charge is -2.41. The highest BCUT2D eigenvalue weighted by Crippen LogP contribution is 2.22. The molecule has 0 saturated carbocycles. The van der Waals surface area contributed by atoms with E-state index < -0.39 is 11.7 Å². The number of nitrogens with zero attached hydrogens (tertiary/aromatic N) is 2. The van der Waals surface area contributed by atoms with E-state index in [9.17, 15) is 9.59 Å². The summed E-state index contributed by atoms with van der Waals surface area (Å²) in [6.45, 7) is 17.7. The van der Waals surface area contributed by atoms with Gasteiger partial charge >= 0.3 is 6.09 Å². The highest BCUT2D eigenvalue weighted by Gasteiger charge is 2.28. The van der Waals surface area contributed by atoms with Gasteiger partial charge in [0.15, 0.2) is 5.78 Å². The molecule has 180 valence electrons. The molecule has 1 saturated heterocycles. The molecule has 1 heterocycles. The van der Waals surface area contributed by atoms with Crippen LogP contribution in [0.25, 0.3) is 0 Å². The fourth-order valence-electron chi connectivity index (χ4n) is 4.09. The number of hydrogen-bond donors (Lipinski definition) is 1. The molecule has 0 spiro atoms. The number of carbonyl (C=O) groups is 2. The second-order valence-corrected chi connectivity index (χ2v) is 9.49. The summed E-state index contributed by atoms with van der Waals surface area (Å²) >= 11 is 0. The zero-order valence-corrected chi connectivity index (χ0v) is 20.6. The largest absolute Gasteiger partial charge is 0.444 e. The lowest BCUT2D eigenvalue weighted by molar-refractivity contribution is 0.0361. The van der Waals surface area contributed by atoms with Crippen molar-refractivity contribution in [2.75, 3.05) is 51.3 Å². The summed E-state index contributed by atoms with van der Waals surface area (Å²) in [5.41, 5.74) is 0.413. The molecule has 7 heteroatoms. The molecular weight excluding hydrogens is 406 g/mol. The van der Waals surface area contributed by atoms with Gasteiger partial charge in [-0.1, -0.05) is 26.0 Å². The van der Waals surface area contributed by atoms with Crippen LogP contribution >= 0.6 is 0 Å². The van der Waals surface area contributed by atoms with Crippen LogP contribution in [0.2, 0.25) is 0 Å². The Balaban J connectivity index is 1.97. The molecule has 0 aliphatic carbocycles. The standard InChI is InChI=1S/C25H41N3O4/c1-7-20-18-27(13-14-28(20)15-16-31-8-2)17-19(3)23(29)21-11-9-10-12-22(21)26-24(30)32-25(4,5)6/h9-12,19-20H,7-8,13-18H2,1-6H3,(H,26,30). The minimum Gasteiger partial charge on any atom is -0.444 e. The van der Waals surface area contributed by atoms with Gasteiger partial charge in [-0.25, -0.2) is 4.79 Å². The van der Waals surface area contributed by atoms with E-state index in [4.69, 9.17) is 9.47 Å². The van der Waals surface area contributed by atoms with Gasteiger partial charge in [0.05, 0.1) is 12.3 Å². The van der Waals surface area contributed by atoms with Crippen molar-refractivity contribution < 1.29 is 19.1 Å². The highest BCUT2D eigenvalue weighted by atomic mass is 16.6. The first-order valence-corrected chi connectivity index (χ1v) is 11.8. The number of hydrogen-bond acceptors (Lipinski definition) is 6. The Labute approximate surface area is 193 Å². The molecular formula is C25H41N3O4. The van der Waals surface area contributed by atoms with Crippen LogP contribution in [0.15, 0.2) is 24.3 Å². The molecule has 1 fully saturated rings. The van der Waals surface area contributed by atoms with Crippen molar-refractivity contribution in [1.82, 2.24) is 9.80 Å². The number of nitrogens with one attached hydrogen (secondary N) is 1. The van der Waals surface area contributed by atoms with Crippen molar-refractivity contribution in [2.45, 2.75) is 59.6 Å². The van der Waals surface area contributed by atoms with E-state index >= 15 is 0 Å². The predicted octanol–water partition coefficient (Wildman–Crippen LogP) is 4.29. The van der Waals surface area contributed by atoms with E-state index in [1.807, 2.05) is 46.8 Å². The first kappa shape index (κ1) is 26.3. The second-order valence-electron chi connectivity index (χ2n) is 9.49. The number of piperazine rings is 1. The highest BCUT2D eigenvalue weighted by molar-refractivity contribution is 6.05. The molecule has 2 atom stereocenters. The fourth-order valence-corrected chi connectivity index (χ4v) is 4.09. The minimum atomic E-state index is -0.600. The van der Waals surface area contributed by atoms with Gasteiger partial charge in [-0.3, -0.25) is 19.9 Å². The number of ether oxygens (including phenoxy) is 2. The zero-order valence-electron chi connectivity index (χ0n) is 20.6. The number of ketones is 1. The third kappa shape index (κ3) is 8.19. The van der Waals surface area contributed by atoms with Gasteiger partial charge in [0.1, 0.15) is 5.60 Å². The maximum absolute atomic E-state index is 13.2. The van der Waals surface area contributed by atoms with Crippen molar-refractivity contribution in [2.24, 2.45) is 5.92 Å². The van der Waals surface area contributed by atoms with Gasteiger partial charge in [-0.2, -0.15) is 0 Å². The third-order valence-corrected chi connectivity index (χ3v) is 5.69. The Morgan fingerprint density at radius 1 is 1.19 bits per heavy atom. The van der Waals surface area contributed by atoms with Crippen molar-refractivity contribution >= 4 is 17.6 Å². The molecule has 2 rings (SSSR count). The molecule has 2 unspecified atom stereocenters. The van der Waals surface area contributed by atoms with Crippen LogP contribution in [0.5, 0.6) is 0 Å². The quantitative estimate of drug-likeness (QED) is 0.426. The molecule has 7 nitrogen and oxygen atoms in total. The summed E-state index contributed by atoms with van der Waals surface area (Å²) in [4.78, 5) is 30.4. The van der Waals surface area contributed by atoms with Gasteiger partial charge in [-0.15, -0.1) is 0 Å². The van der Waals surface area contributed by atoms with Crippen LogP contribution in [0.3, 0.4) is 0 Å². The smallest absolute Gasteiger partial charge is 0.412 e. The Morgan fingerprint density at radius 3 is 2.56 bits per heavy atom. The molecule has 1 aliphatic heterocycles. The van der Waals surface area contributed by atoms with Gasteiger partial charge in [-0.05, 0) is 46.2 Å². The summed E-state index contributed by atoms with van der Waals surface area (Å²) in [7, 11) is 0. The molecule has 1 aromatic rings. The van der Waals surface area contributed by atoms with Gasteiger partial charge in [0, 0.05) is 56.9 Å². The lowest BCUT2D eigenvalue weighted by atomic mass is 9.96. The SMILES string of the molecule is CCOCCN1CCN(CC(C)C(=O)c2ccccc2NC(=O)OC(C)(C)C)CC1CC. The molecule has 32 heavy (non-hydrogen) atoms. The summed E-state index contributed by atoms with van der Waals surface area (Å²) < 4.78 is 10.9. The topological polar surface area (TPSA) is 71.1 Å². The third-order valence-electron chi connectivity index (χ3n) is 5.69. The molecule has 0 aromatic heterocycles. The number of rotatable bonds is 10. The minimum absolute atomic E-state index is 0.0310. The average Bonchev–Trinajstić information content (AvgIpc) is 2.73. The van der Waals surface area contributed by atoms with Crippen LogP contribution in [0.1, 0.15) is 58.3 Å². The Hall–Kier alpha value is -1.96. The fraction of sp³-hybridized carbons (Fsp3) is 0.680. The molecule has 1 aliphatic rings. The van der Waals surface area contributed by atoms with Crippen LogP contribution in [0, 0.1) is 5.92 Å². The van der Waals surface area contributed by atoms with E-state index in [1.165, 1.54) is 0 Å². The van der Waals surface area contributed by atoms with Crippen LogP contribution in [0.4, 0.5) is 10.5 Å². The maximum atomic E-state index is 13.2. The average molecular weight is 448 g/mol. The van der Waals surface area contributed by atoms with Crippen LogP contribution in [-0.2, 0) is 9.47 Å². The van der Waals surface area contributed by atoms with Gasteiger partial charge in [0.2, 0.25) is 0 Å².